The van der Waals surface area contributed by atoms with E-state index in [-0.39, 0.29) is 0 Å². The monoisotopic (exact) mass is 161 g/mol. The summed E-state index contributed by atoms with van der Waals surface area (Å²) in [7, 11) is 1.91. The lowest BCUT2D eigenvalue weighted by atomic mass is 10.1. The Labute approximate surface area is 74.2 Å². The van der Waals surface area contributed by atoms with Crippen LogP contribution in [0.4, 0.5) is 0 Å². The molecular formula is C11H15N. The fourth-order valence-electron chi connectivity index (χ4n) is 1.05. The fourth-order valence-corrected chi connectivity index (χ4v) is 1.05. The molecule has 0 bridgehead atoms. The van der Waals surface area contributed by atoms with Crippen LogP contribution in [0, 0.1) is 0 Å². The third kappa shape index (κ3) is 3.24. The van der Waals surface area contributed by atoms with Crippen LogP contribution in [0.15, 0.2) is 48.2 Å². The molecule has 0 aliphatic heterocycles. The van der Waals surface area contributed by atoms with Crippen molar-refractivity contribution < 1.29 is 0 Å². The van der Waals surface area contributed by atoms with E-state index in [2.05, 4.69) is 41.8 Å². The van der Waals surface area contributed by atoms with E-state index in [1.54, 1.807) is 0 Å². The van der Waals surface area contributed by atoms with Crippen molar-refractivity contribution in [3.8, 4) is 0 Å². The highest BCUT2D eigenvalue weighted by Gasteiger charge is 1.86. The maximum Gasteiger partial charge on any atom is 0.00277 e. The molecule has 0 fully saturated rings. The highest BCUT2D eigenvalue weighted by Crippen LogP contribution is 2.06. The maximum atomic E-state index is 2.98. The molecule has 1 heteroatoms. The summed E-state index contributed by atoms with van der Waals surface area (Å²) in [4.78, 5) is 0. The first kappa shape index (κ1) is 8.85. The molecule has 0 amide bonds. The molecule has 0 aromatic rings. The first-order chi connectivity index (χ1) is 5.93. The fraction of sp³-hybridized carbons (Fsp3) is 0.273. The average Bonchev–Trinajstić information content (AvgIpc) is 2.02. The van der Waals surface area contributed by atoms with Gasteiger partial charge in [-0.25, -0.2) is 0 Å². The van der Waals surface area contributed by atoms with Crippen molar-refractivity contribution in [2.75, 3.05) is 7.05 Å². The summed E-state index contributed by atoms with van der Waals surface area (Å²) in [6.45, 7) is 0. The summed E-state index contributed by atoms with van der Waals surface area (Å²) in [6, 6.07) is 0. The second-order valence-electron chi connectivity index (χ2n) is 2.67. The lowest BCUT2D eigenvalue weighted by Gasteiger charge is -1.96. The van der Waals surface area contributed by atoms with E-state index < -0.39 is 0 Å². The highest BCUT2D eigenvalue weighted by atomic mass is 14.8. The Kier molecular flexibility index (Phi) is 4.00. The van der Waals surface area contributed by atoms with Gasteiger partial charge in [-0.3, -0.25) is 0 Å². The number of rotatable bonds is 2. The molecule has 1 aliphatic carbocycles. The zero-order valence-electron chi connectivity index (χ0n) is 7.46. The summed E-state index contributed by atoms with van der Waals surface area (Å²) >= 11 is 0. The Hall–Kier alpha value is -1.24. The minimum absolute atomic E-state index is 1.04. The van der Waals surface area contributed by atoms with Crippen LogP contribution in [0.3, 0.4) is 0 Å². The van der Waals surface area contributed by atoms with Crippen molar-refractivity contribution in [1.82, 2.24) is 5.32 Å². The molecule has 1 aliphatic rings. The lowest BCUT2D eigenvalue weighted by molar-refractivity contribution is 1.10. The Morgan fingerprint density at radius 2 is 2.08 bits per heavy atom. The van der Waals surface area contributed by atoms with Gasteiger partial charge in [0.15, 0.2) is 0 Å². The van der Waals surface area contributed by atoms with Crippen LogP contribution < -0.4 is 5.32 Å². The van der Waals surface area contributed by atoms with Gasteiger partial charge in [0.1, 0.15) is 0 Å². The molecule has 1 nitrogen and oxygen atoms in total. The van der Waals surface area contributed by atoms with Gasteiger partial charge in [0.25, 0.3) is 0 Å². The predicted molar refractivity (Wildman–Crippen MR) is 53.8 cm³/mol. The molecular weight excluding hydrogens is 146 g/mol. The second-order valence-corrected chi connectivity index (χ2v) is 2.67. The SMILES string of the molecule is CN/C=C/C1=CCC=CC/C=C\1. The average molecular weight is 161 g/mol. The van der Waals surface area contributed by atoms with Crippen molar-refractivity contribution >= 4 is 0 Å². The largest absolute Gasteiger partial charge is 0.394 e. The van der Waals surface area contributed by atoms with E-state index in [4.69, 9.17) is 0 Å². The van der Waals surface area contributed by atoms with Crippen LogP contribution in [0.1, 0.15) is 12.8 Å². The number of allylic oxidation sites excluding steroid dienone is 7. The van der Waals surface area contributed by atoms with E-state index in [9.17, 15) is 0 Å². The van der Waals surface area contributed by atoms with Gasteiger partial charge in [0.05, 0.1) is 0 Å². The van der Waals surface area contributed by atoms with E-state index >= 15 is 0 Å². The second kappa shape index (κ2) is 5.42. The van der Waals surface area contributed by atoms with Gasteiger partial charge in [-0.1, -0.05) is 30.4 Å². The van der Waals surface area contributed by atoms with Gasteiger partial charge in [-0.2, -0.15) is 0 Å². The molecule has 12 heavy (non-hydrogen) atoms. The Bertz CT molecular complexity index is 231. The Balaban J connectivity index is 2.61. The number of hydrogen-bond donors (Lipinski definition) is 1. The first-order valence-corrected chi connectivity index (χ1v) is 4.29. The summed E-state index contributed by atoms with van der Waals surface area (Å²) in [6.07, 6.45) is 17.0. The summed E-state index contributed by atoms with van der Waals surface area (Å²) in [5, 5.41) is 2.98. The minimum Gasteiger partial charge on any atom is -0.394 e. The molecule has 0 atom stereocenters. The normalized spacial score (nSPS) is 19.9. The van der Waals surface area contributed by atoms with Crippen LogP contribution in [0.25, 0.3) is 0 Å². The summed E-state index contributed by atoms with van der Waals surface area (Å²) in [5.41, 5.74) is 1.27. The van der Waals surface area contributed by atoms with Crippen LogP contribution >= 0.6 is 0 Å². The van der Waals surface area contributed by atoms with Gasteiger partial charge < -0.3 is 5.32 Å². The van der Waals surface area contributed by atoms with Gasteiger partial charge in [0.2, 0.25) is 0 Å². The van der Waals surface area contributed by atoms with E-state index in [0.29, 0.717) is 0 Å². The van der Waals surface area contributed by atoms with Crippen LogP contribution in [-0.4, -0.2) is 7.05 Å². The minimum atomic E-state index is 1.04. The van der Waals surface area contributed by atoms with E-state index in [0.717, 1.165) is 12.8 Å². The maximum absolute atomic E-state index is 2.98. The Morgan fingerprint density at radius 3 is 2.92 bits per heavy atom. The zero-order valence-corrected chi connectivity index (χ0v) is 7.46. The molecule has 0 unspecified atom stereocenters. The quantitative estimate of drug-likeness (QED) is 0.614. The van der Waals surface area contributed by atoms with Gasteiger partial charge in [0, 0.05) is 7.05 Å². The molecule has 1 N–H and O–H groups in total. The molecule has 0 spiro atoms. The Morgan fingerprint density at radius 1 is 1.25 bits per heavy atom. The third-order valence-electron chi connectivity index (χ3n) is 1.68. The van der Waals surface area contributed by atoms with E-state index in [1.165, 1.54) is 5.57 Å². The van der Waals surface area contributed by atoms with E-state index in [1.807, 2.05) is 13.2 Å². The molecule has 0 aromatic carbocycles. The topological polar surface area (TPSA) is 12.0 Å². The first-order valence-electron chi connectivity index (χ1n) is 4.29. The third-order valence-corrected chi connectivity index (χ3v) is 1.68. The number of hydrogen-bond acceptors (Lipinski definition) is 1. The highest BCUT2D eigenvalue weighted by molar-refractivity contribution is 5.32. The van der Waals surface area contributed by atoms with Crippen LogP contribution in [0.5, 0.6) is 0 Å². The lowest BCUT2D eigenvalue weighted by Crippen LogP contribution is -1.91. The van der Waals surface area contributed by atoms with Gasteiger partial charge >= 0.3 is 0 Å². The van der Waals surface area contributed by atoms with Crippen molar-refractivity contribution in [1.29, 1.82) is 0 Å². The molecule has 0 saturated carbocycles. The van der Waals surface area contributed by atoms with Crippen molar-refractivity contribution in [3.05, 3.63) is 48.2 Å². The van der Waals surface area contributed by atoms with Crippen molar-refractivity contribution in [2.24, 2.45) is 0 Å². The smallest absolute Gasteiger partial charge is 0.00277 e. The molecule has 1 rings (SSSR count). The molecule has 0 aromatic heterocycles. The summed E-state index contributed by atoms with van der Waals surface area (Å²) in [5.74, 6) is 0. The van der Waals surface area contributed by atoms with Crippen LogP contribution in [-0.2, 0) is 0 Å². The summed E-state index contributed by atoms with van der Waals surface area (Å²) < 4.78 is 0. The number of nitrogens with one attached hydrogen (secondary N) is 1. The molecule has 64 valence electrons. The molecule has 0 radical (unpaired) electrons. The molecule has 0 heterocycles. The van der Waals surface area contributed by atoms with Gasteiger partial charge in [-0.15, -0.1) is 0 Å². The molecule has 0 saturated heterocycles. The standard InChI is InChI=1S/C11H15N/c1-12-10-9-11-7-5-3-2-4-6-8-11/h2-3,6-10,12H,4-5H2,1H3/b3-2?,8-6-,10-9+,11-7?. The zero-order chi connectivity index (χ0) is 8.65. The van der Waals surface area contributed by atoms with Gasteiger partial charge in [-0.05, 0) is 30.7 Å². The van der Waals surface area contributed by atoms with Crippen molar-refractivity contribution in [3.63, 3.8) is 0 Å². The predicted octanol–water partition coefficient (Wildman–Crippen LogP) is 2.55. The van der Waals surface area contributed by atoms with Crippen molar-refractivity contribution in [2.45, 2.75) is 12.8 Å². The van der Waals surface area contributed by atoms with Crippen LogP contribution in [0.2, 0.25) is 0 Å².